The highest BCUT2D eigenvalue weighted by Gasteiger charge is 2.35. The number of amidine groups is 1. The third-order valence-corrected chi connectivity index (χ3v) is 3.82. The van der Waals surface area contributed by atoms with Crippen LogP contribution in [0.3, 0.4) is 0 Å². The predicted molar refractivity (Wildman–Crippen MR) is 74.5 cm³/mol. The number of piperidine rings is 1. The second-order valence-corrected chi connectivity index (χ2v) is 5.42. The van der Waals surface area contributed by atoms with E-state index in [4.69, 9.17) is 11.1 Å². The zero-order chi connectivity index (χ0) is 15.8. The zero-order valence-corrected chi connectivity index (χ0v) is 11.6. The lowest BCUT2D eigenvalue weighted by molar-refractivity contribution is -0.137. The molecule has 0 aliphatic carbocycles. The van der Waals surface area contributed by atoms with Gasteiger partial charge < -0.3 is 15.7 Å². The van der Waals surface area contributed by atoms with Crippen LogP contribution in [0.15, 0.2) is 18.2 Å². The SMILES string of the molecule is CC1CN(c2ccc(C(=N)N)c(C(F)(F)F)c2)CCC1O. The highest BCUT2D eigenvalue weighted by Crippen LogP contribution is 2.35. The number of aliphatic hydroxyl groups excluding tert-OH is 1. The van der Waals surface area contributed by atoms with Gasteiger partial charge >= 0.3 is 6.18 Å². The first-order valence-electron chi connectivity index (χ1n) is 6.69. The number of nitrogens with zero attached hydrogens (tertiary/aromatic N) is 1. The van der Waals surface area contributed by atoms with Crippen molar-refractivity contribution in [2.45, 2.75) is 25.6 Å². The fraction of sp³-hybridized carbons (Fsp3) is 0.500. The maximum atomic E-state index is 13.1. The average Bonchev–Trinajstić information content (AvgIpc) is 2.40. The summed E-state index contributed by atoms with van der Waals surface area (Å²) < 4.78 is 39.3. The Morgan fingerprint density at radius 2 is 2.10 bits per heavy atom. The van der Waals surface area contributed by atoms with Gasteiger partial charge in [0.25, 0.3) is 0 Å². The van der Waals surface area contributed by atoms with E-state index in [9.17, 15) is 18.3 Å². The molecule has 4 nitrogen and oxygen atoms in total. The first kappa shape index (κ1) is 15.6. The number of hydrogen-bond donors (Lipinski definition) is 3. The van der Waals surface area contributed by atoms with Gasteiger partial charge in [0.1, 0.15) is 5.84 Å². The molecular formula is C14H18F3N3O. The molecule has 2 rings (SSSR count). The quantitative estimate of drug-likeness (QED) is 0.579. The first-order chi connectivity index (χ1) is 9.70. The summed E-state index contributed by atoms with van der Waals surface area (Å²) in [5.41, 5.74) is 4.45. The fourth-order valence-corrected chi connectivity index (χ4v) is 2.57. The van der Waals surface area contributed by atoms with E-state index in [1.807, 2.05) is 11.8 Å². The highest BCUT2D eigenvalue weighted by atomic mass is 19.4. The second kappa shape index (κ2) is 5.55. The highest BCUT2D eigenvalue weighted by molar-refractivity contribution is 5.97. The number of nitrogen functional groups attached to an aromatic ring is 1. The number of benzene rings is 1. The number of aliphatic hydroxyl groups is 1. The van der Waals surface area contributed by atoms with E-state index in [1.165, 1.54) is 12.1 Å². The number of alkyl halides is 3. The van der Waals surface area contributed by atoms with Gasteiger partial charge in [-0.25, -0.2) is 0 Å². The molecule has 21 heavy (non-hydrogen) atoms. The molecule has 0 aromatic heterocycles. The van der Waals surface area contributed by atoms with Crippen molar-refractivity contribution in [3.63, 3.8) is 0 Å². The molecule has 0 radical (unpaired) electrons. The van der Waals surface area contributed by atoms with E-state index in [1.54, 1.807) is 0 Å². The molecule has 1 heterocycles. The maximum absolute atomic E-state index is 13.1. The molecule has 116 valence electrons. The van der Waals surface area contributed by atoms with Gasteiger partial charge in [0.2, 0.25) is 0 Å². The lowest BCUT2D eigenvalue weighted by Crippen LogP contribution is -2.42. The van der Waals surface area contributed by atoms with Crippen molar-refractivity contribution in [3.05, 3.63) is 29.3 Å². The molecule has 2 atom stereocenters. The summed E-state index contributed by atoms with van der Waals surface area (Å²) in [7, 11) is 0. The normalized spacial score (nSPS) is 23.2. The molecule has 1 aliphatic rings. The molecule has 1 aromatic rings. The van der Waals surface area contributed by atoms with Crippen LogP contribution in [-0.2, 0) is 6.18 Å². The summed E-state index contributed by atoms with van der Waals surface area (Å²) >= 11 is 0. The molecule has 0 saturated carbocycles. The summed E-state index contributed by atoms with van der Waals surface area (Å²) in [5.74, 6) is -0.600. The van der Waals surface area contributed by atoms with Gasteiger partial charge in [0.15, 0.2) is 0 Å². The molecular weight excluding hydrogens is 283 g/mol. The monoisotopic (exact) mass is 301 g/mol. The molecule has 2 unspecified atom stereocenters. The molecule has 1 aromatic carbocycles. The van der Waals surface area contributed by atoms with Crippen LogP contribution in [0.25, 0.3) is 0 Å². The van der Waals surface area contributed by atoms with E-state index in [-0.39, 0.29) is 11.5 Å². The molecule has 7 heteroatoms. The third-order valence-electron chi connectivity index (χ3n) is 3.82. The molecule has 0 spiro atoms. The first-order valence-corrected chi connectivity index (χ1v) is 6.69. The predicted octanol–water partition coefficient (Wildman–Crippen LogP) is 2.20. The van der Waals surface area contributed by atoms with E-state index >= 15 is 0 Å². The van der Waals surface area contributed by atoms with Gasteiger partial charge in [-0.2, -0.15) is 13.2 Å². The van der Waals surface area contributed by atoms with Gasteiger partial charge in [-0.05, 0) is 30.5 Å². The molecule has 1 saturated heterocycles. The van der Waals surface area contributed by atoms with Crippen LogP contribution in [-0.4, -0.2) is 30.1 Å². The number of nitrogens with one attached hydrogen (secondary N) is 1. The van der Waals surface area contributed by atoms with Crippen LogP contribution < -0.4 is 10.6 Å². The summed E-state index contributed by atoms with van der Waals surface area (Å²) in [5, 5.41) is 17.0. The van der Waals surface area contributed by atoms with E-state index in [2.05, 4.69) is 0 Å². The smallest absolute Gasteiger partial charge is 0.393 e. The van der Waals surface area contributed by atoms with Crippen molar-refractivity contribution in [1.29, 1.82) is 5.41 Å². The molecule has 1 aliphatic heterocycles. The molecule has 1 fully saturated rings. The minimum Gasteiger partial charge on any atom is -0.393 e. The fourth-order valence-electron chi connectivity index (χ4n) is 2.57. The third kappa shape index (κ3) is 3.29. The van der Waals surface area contributed by atoms with Crippen LogP contribution in [0.4, 0.5) is 18.9 Å². The van der Waals surface area contributed by atoms with Gasteiger partial charge in [-0.1, -0.05) is 6.92 Å². The van der Waals surface area contributed by atoms with Gasteiger partial charge in [-0.3, -0.25) is 5.41 Å². The van der Waals surface area contributed by atoms with Crippen molar-refractivity contribution in [2.75, 3.05) is 18.0 Å². The van der Waals surface area contributed by atoms with E-state index in [0.29, 0.717) is 25.2 Å². The van der Waals surface area contributed by atoms with Crippen molar-refractivity contribution >= 4 is 11.5 Å². The Bertz CT molecular complexity index is 545. The Kier molecular flexibility index (Phi) is 4.13. The van der Waals surface area contributed by atoms with Crippen molar-refractivity contribution < 1.29 is 18.3 Å². The minimum atomic E-state index is -4.56. The molecule has 0 bridgehead atoms. The Morgan fingerprint density at radius 3 is 2.62 bits per heavy atom. The lowest BCUT2D eigenvalue weighted by atomic mass is 9.95. The van der Waals surface area contributed by atoms with Crippen molar-refractivity contribution in [2.24, 2.45) is 11.7 Å². The van der Waals surface area contributed by atoms with Crippen LogP contribution in [0, 0.1) is 11.3 Å². The number of hydrogen-bond acceptors (Lipinski definition) is 3. The number of rotatable bonds is 2. The Morgan fingerprint density at radius 1 is 1.43 bits per heavy atom. The average molecular weight is 301 g/mol. The second-order valence-electron chi connectivity index (χ2n) is 5.42. The summed E-state index contributed by atoms with van der Waals surface area (Å²) in [6.07, 6.45) is -4.45. The summed E-state index contributed by atoms with van der Waals surface area (Å²) in [6.45, 7) is 2.87. The Labute approximate surface area is 120 Å². The van der Waals surface area contributed by atoms with E-state index in [0.717, 1.165) is 6.07 Å². The van der Waals surface area contributed by atoms with Gasteiger partial charge in [-0.15, -0.1) is 0 Å². The number of nitrogens with two attached hydrogens (primary N) is 1. The van der Waals surface area contributed by atoms with Crippen LogP contribution in [0.2, 0.25) is 0 Å². The molecule has 4 N–H and O–H groups in total. The standard InChI is InChI=1S/C14H18F3N3O/c1-8-7-20(5-4-12(8)21)9-2-3-10(13(18)19)11(6-9)14(15,16)17/h2-3,6,8,12,21H,4-5,7H2,1H3,(H3,18,19). The Balaban J connectivity index is 2.36. The maximum Gasteiger partial charge on any atom is 0.417 e. The van der Waals surface area contributed by atoms with Gasteiger partial charge in [0, 0.05) is 24.3 Å². The number of anilines is 1. The van der Waals surface area contributed by atoms with Crippen LogP contribution >= 0.6 is 0 Å². The van der Waals surface area contributed by atoms with Gasteiger partial charge in [0.05, 0.1) is 11.7 Å². The molecule has 0 amide bonds. The van der Waals surface area contributed by atoms with Crippen molar-refractivity contribution in [3.8, 4) is 0 Å². The summed E-state index contributed by atoms with van der Waals surface area (Å²) in [4.78, 5) is 1.82. The lowest BCUT2D eigenvalue weighted by Gasteiger charge is -2.36. The topological polar surface area (TPSA) is 73.3 Å². The van der Waals surface area contributed by atoms with E-state index < -0.39 is 23.7 Å². The minimum absolute atomic E-state index is 0.000528. The van der Waals surface area contributed by atoms with Crippen LogP contribution in [0.5, 0.6) is 0 Å². The largest absolute Gasteiger partial charge is 0.417 e. The van der Waals surface area contributed by atoms with Crippen LogP contribution in [0.1, 0.15) is 24.5 Å². The number of halogens is 3. The zero-order valence-electron chi connectivity index (χ0n) is 11.6. The van der Waals surface area contributed by atoms with Crippen molar-refractivity contribution in [1.82, 2.24) is 0 Å². The summed E-state index contributed by atoms with van der Waals surface area (Å²) in [6, 6.07) is 3.80. The Hall–Kier alpha value is -1.76.